The molecule has 2 aromatic carbocycles. The summed E-state index contributed by atoms with van der Waals surface area (Å²) in [5, 5.41) is 2.78. The SMILES string of the molecule is COc1ccc2scc(N3CC[NH+](CCc4ccccc4)CC3)c(=O)c2c1. The van der Waals surface area contributed by atoms with Crippen molar-refractivity contribution in [3.8, 4) is 5.75 Å². The van der Waals surface area contributed by atoms with Crippen LogP contribution in [-0.4, -0.2) is 39.8 Å². The zero-order valence-corrected chi connectivity index (χ0v) is 16.4. The van der Waals surface area contributed by atoms with Crippen molar-refractivity contribution in [1.82, 2.24) is 0 Å². The summed E-state index contributed by atoms with van der Waals surface area (Å²) in [6.45, 7) is 5.17. The van der Waals surface area contributed by atoms with Crippen molar-refractivity contribution in [2.75, 3.05) is 44.7 Å². The summed E-state index contributed by atoms with van der Waals surface area (Å²) >= 11 is 1.63. The van der Waals surface area contributed by atoms with Crippen molar-refractivity contribution in [3.05, 3.63) is 69.7 Å². The number of methoxy groups -OCH3 is 1. The first-order valence-corrected chi connectivity index (χ1v) is 10.3. The van der Waals surface area contributed by atoms with Crippen LogP contribution < -0.4 is 20.0 Å². The second-order valence-electron chi connectivity index (χ2n) is 7.03. The highest BCUT2D eigenvalue weighted by molar-refractivity contribution is 7.16. The summed E-state index contributed by atoms with van der Waals surface area (Å²) in [4.78, 5) is 16.9. The van der Waals surface area contributed by atoms with E-state index in [4.69, 9.17) is 4.74 Å². The van der Waals surface area contributed by atoms with Crippen molar-refractivity contribution in [2.45, 2.75) is 6.42 Å². The second kappa shape index (κ2) is 8.11. The molecule has 0 spiro atoms. The summed E-state index contributed by atoms with van der Waals surface area (Å²) in [6, 6.07) is 16.4. The summed E-state index contributed by atoms with van der Waals surface area (Å²) in [7, 11) is 1.64. The Balaban J connectivity index is 1.43. The minimum atomic E-state index is 0.121. The Morgan fingerprint density at radius 2 is 1.89 bits per heavy atom. The number of ether oxygens (including phenoxy) is 1. The lowest BCUT2D eigenvalue weighted by molar-refractivity contribution is -0.900. The van der Waals surface area contributed by atoms with Crippen LogP contribution in [0.25, 0.3) is 10.1 Å². The maximum absolute atomic E-state index is 13.0. The number of piperazine rings is 1. The quantitative estimate of drug-likeness (QED) is 0.736. The lowest BCUT2D eigenvalue weighted by Crippen LogP contribution is -3.15. The lowest BCUT2D eigenvalue weighted by Gasteiger charge is -2.33. The second-order valence-corrected chi connectivity index (χ2v) is 7.95. The van der Waals surface area contributed by atoms with Crippen LogP contribution in [-0.2, 0) is 6.42 Å². The van der Waals surface area contributed by atoms with Gasteiger partial charge in [0.25, 0.3) is 0 Å². The standard InChI is InChI=1S/C22H24N2O2S/c1-26-18-7-8-21-19(15-18)22(25)20(16-27-21)24-13-11-23(12-14-24)10-9-17-5-3-2-4-6-17/h2-8,15-16H,9-14H2,1H3/p+1. The molecule has 0 radical (unpaired) electrons. The first kappa shape index (κ1) is 18.0. The van der Waals surface area contributed by atoms with E-state index in [1.54, 1.807) is 23.3 Å². The van der Waals surface area contributed by atoms with Crippen molar-refractivity contribution < 1.29 is 9.64 Å². The summed E-state index contributed by atoms with van der Waals surface area (Å²) in [5.41, 5.74) is 2.36. The molecule has 0 atom stereocenters. The van der Waals surface area contributed by atoms with Crippen LogP contribution in [0.3, 0.4) is 0 Å². The van der Waals surface area contributed by atoms with Crippen LogP contribution in [0.15, 0.2) is 58.7 Å². The molecule has 0 amide bonds. The Kier molecular flexibility index (Phi) is 5.41. The Bertz CT molecular complexity index is 963. The monoisotopic (exact) mass is 381 g/mol. The summed E-state index contributed by atoms with van der Waals surface area (Å²) in [5.74, 6) is 0.735. The van der Waals surface area contributed by atoms with Crippen molar-refractivity contribution in [1.29, 1.82) is 0 Å². The van der Waals surface area contributed by atoms with E-state index in [0.717, 1.165) is 60.7 Å². The van der Waals surface area contributed by atoms with Crippen LogP contribution in [0.1, 0.15) is 5.56 Å². The van der Waals surface area contributed by atoms with Gasteiger partial charge in [-0.3, -0.25) is 4.79 Å². The third kappa shape index (κ3) is 3.99. The lowest BCUT2D eigenvalue weighted by atomic mass is 10.1. The Labute approximate surface area is 163 Å². The molecule has 0 unspecified atom stereocenters. The smallest absolute Gasteiger partial charge is 0.211 e. The van der Waals surface area contributed by atoms with E-state index < -0.39 is 0 Å². The summed E-state index contributed by atoms with van der Waals surface area (Å²) in [6.07, 6.45) is 1.11. The topological polar surface area (TPSA) is 34.0 Å². The zero-order chi connectivity index (χ0) is 18.6. The van der Waals surface area contributed by atoms with Crippen LogP contribution in [0, 0.1) is 0 Å². The van der Waals surface area contributed by atoms with E-state index in [0.29, 0.717) is 0 Å². The van der Waals surface area contributed by atoms with Crippen LogP contribution in [0.4, 0.5) is 5.69 Å². The predicted octanol–water partition coefficient (Wildman–Crippen LogP) is 2.22. The molecule has 4 nitrogen and oxygen atoms in total. The number of anilines is 1. The van der Waals surface area contributed by atoms with Crippen molar-refractivity contribution >= 4 is 27.1 Å². The van der Waals surface area contributed by atoms with E-state index in [2.05, 4.69) is 35.2 Å². The molecule has 3 aromatic rings. The molecule has 5 heteroatoms. The van der Waals surface area contributed by atoms with E-state index in [1.165, 1.54) is 5.56 Å². The molecular weight excluding hydrogens is 356 g/mol. The molecule has 1 fully saturated rings. The molecule has 2 heterocycles. The fourth-order valence-electron chi connectivity index (χ4n) is 3.72. The molecule has 1 saturated heterocycles. The average molecular weight is 382 g/mol. The van der Waals surface area contributed by atoms with Gasteiger partial charge in [-0.05, 0) is 23.8 Å². The molecule has 0 aliphatic carbocycles. The average Bonchev–Trinajstić information content (AvgIpc) is 2.74. The molecule has 4 rings (SSSR count). The number of nitrogens with zero attached hydrogens (tertiary/aromatic N) is 1. The van der Waals surface area contributed by atoms with Crippen molar-refractivity contribution in [3.63, 3.8) is 0 Å². The number of hydrogen-bond donors (Lipinski definition) is 1. The van der Waals surface area contributed by atoms with Gasteiger partial charge in [-0.15, -0.1) is 11.3 Å². The molecule has 140 valence electrons. The van der Waals surface area contributed by atoms with Gasteiger partial charge in [0, 0.05) is 21.9 Å². The maximum atomic E-state index is 13.0. The van der Waals surface area contributed by atoms with Crippen LogP contribution in [0.2, 0.25) is 0 Å². The van der Waals surface area contributed by atoms with E-state index in [9.17, 15) is 4.79 Å². The number of nitrogens with one attached hydrogen (secondary N) is 1. The number of quaternary nitrogens is 1. The highest BCUT2D eigenvalue weighted by Crippen LogP contribution is 2.25. The Morgan fingerprint density at radius 1 is 1.11 bits per heavy atom. The molecule has 1 aliphatic heterocycles. The van der Waals surface area contributed by atoms with Gasteiger partial charge < -0.3 is 14.5 Å². The number of hydrogen-bond acceptors (Lipinski definition) is 4. The van der Waals surface area contributed by atoms with Gasteiger partial charge in [0.1, 0.15) is 5.75 Å². The van der Waals surface area contributed by atoms with Gasteiger partial charge in [-0.1, -0.05) is 30.3 Å². The minimum absolute atomic E-state index is 0.121. The third-order valence-electron chi connectivity index (χ3n) is 5.38. The number of benzene rings is 2. The summed E-state index contributed by atoms with van der Waals surface area (Å²) < 4.78 is 6.30. The molecule has 1 aliphatic rings. The van der Waals surface area contributed by atoms with Gasteiger partial charge in [-0.25, -0.2) is 0 Å². The predicted molar refractivity (Wildman–Crippen MR) is 113 cm³/mol. The normalized spacial score (nSPS) is 15.2. The molecule has 27 heavy (non-hydrogen) atoms. The molecule has 0 bridgehead atoms. The molecule has 1 aromatic heterocycles. The number of rotatable bonds is 5. The van der Waals surface area contributed by atoms with Crippen molar-refractivity contribution in [2.24, 2.45) is 0 Å². The third-order valence-corrected chi connectivity index (χ3v) is 6.33. The molecular formula is C22H25N2O2S+. The van der Waals surface area contributed by atoms with Gasteiger partial charge in [0.2, 0.25) is 5.43 Å². The Morgan fingerprint density at radius 3 is 2.63 bits per heavy atom. The Hall–Kier alpha value is -2.37. The fraction of sp³-hybridized carbons (Fsp3) is 0.318. The molecule has 1 N–H and O–H groups in total. The largest absolute Gasteiger partial charge is 0.497 e. The maximum Gasteiger partial charge on any atom is 0.211 e. The highest BCUT2D eigenvalue weighted by atomic mass is 32.1. The van der Waals surface area contributed by atoms with Crippen LogP contribution in [0.5, 0.6) is 5.75 Å². The first-order chi connectivity index (χ1) is 13.2. The highest BCUT2D eigenvalue weighted by Gasteiger charge is 2.22. The van der Waals surface area contributed by atoms with Gasteiger partial charge >= 0.3 is 0 Å². The van der Waals surface area contributed by atoms with E-state index in [-0.39, 0.29) is 5.43 Å². The van der Waals surface area contributed by atoms with Gasteiger partial charge in [0.05, 0.1) is 45.5 Å². The van der Waals surface area contributed by atoms with E-state index >= 15 is 0 Å². The number of fused-ring (bicyclic) bond motifs is 1. The van der Waals surface area contributed by atoms with Gasteiger partial charge in [0.15, 0.2) is 0 Å². The van der Waals surface area contributed by atoms with Crippen LogP contribution >= 0.6 is 11.3 Å². The molecule has 0 saturated carbocycles. The van der Waals surface area contributed by atoms with Gasteiger partial charge in [-0.2, -0.15) is 0 Å². The fourth-order valence-corrected chi connectivity index (χ4v) is 4.64. The minimum Gasteiger partial charge on any atom is -0.497 e. The zero-order valence-electron chi connectivity index (χ0n) is 15.6. The first-order valence-electron chi connectivity index (χ1n) is 9.46. The van der Waals surface area contributed by atoms with E-state index in [1.807, 2.05) is 23.6 Å².